The zero-order chi connectivity index (χ0) is 14.8. The van der Waals surface area contributed by atoms with E-state index in [1.807, 2.05) is 0 Å². The van der Waals surface area contributed by atoms with E-state index in [2.05, 4.69) is 35.7 Å². The Morgan fingerprint density at radius 2 is 1.68 bits per heavy atom. The van der Waals surface area contributed by atoms with Crippen molar-refractivity contribution in [1.29, 1.82) is 0 Å². The van der Waals surface area contributed by atoms with Crippen molar-refractivity contribution in [3.05, 3.63) is 47.0 Å². The van der Waals surface area contributed by atoms with E-state index in [-0.39, 0.29) is 0 Å². The van der Waals surface area contributed by atoms with Gasteiger partial charge in [-0.05, 0) is 61.3 Å². The summed E-state index contributed by atoms with van der Waals surface area (Å²) >= 11 is 1.61. The molecule has 6 rings (SSSR count). The maximum absolute atomic E-state index is 5.95. The first-order valence-electron chi connectivity index (χ1n) is 8.45. The second-order valence-electron chi connectivity index (χ2n) is 7.96. The van der Waals surface area contributed by atoms with E-state index in [4.69, 9.17) is 10.7 Å². The Kier molecular flexibility index (Phi) is 2.59. The summed E-state index contributed by atoms with van der Waals surface area (Å²) in [6, 6.07) is 11.3. The van der Waals surface area contributed by atoms with Crippen LogP contribution in [0.15, 0.2) is 35.7 Å². The minimum atomic E-state index is 0.300. The number of nitrogens with zero attached hydrogens (tertiary/aromatic N) is 1. The van der Waals surface area contributed by atoms with E-state index >= 15 is 0 Å². The maximum Gasteiger partial charge on any atom is 0.180 e. The van der Waals surface area contributed by atoms with Crippen LogP contribution in [0.1, 0.15) is 49.8 Å². The van der Waals surface area contributed by atoms with Gasteiger partial charge in [-0.25, -0.2) is 4.98 Å². The summed E-state index contributed by atoms with van der Waals surface area (Å²) < 4.78 is 0. The molecule has 114 valence electrons. The molecule has 0 unspecified atom stereocenters. The van der Waals surface area contributed by atoms with Crippen molar-refractivity contribution in [3.8, 4) is 0 Å². The summed E-state index contributed by atoms with van der Waals surface area (Å²) in [5, 5.41) is 2.97. The maximum atomic E-state index is 5.95. The fraction of sp³-hybridized carbons (Fsp3) is 0.526. The van der Waals surface area contributed by atoms with Gasteiger partial charge >= 0.3 is 0 Å². The fourth-order valence-corrected chi connectivity index (χ4v) is 6.91. The van der Waals surface area contributed by atoms with Gasteiger partial charge in [0, 0.05) is 10.8 Å². The van der Waals surface area contributed by atoms with Gasteiger partial charge in [-0.2, -0.15) is 0 Å². The average Bonchev–Trinajstić information content (AvgIpc) is 2.94. The highest BCUT2D eigenvalue weighted by atomic mass is 32.1. The van der Waals surface area contributed by atoms with Crippen LogP contribution in [0, 0.1) is 11.8 Å². The molecule has 2 atom stereocenters. The normalized spacial score (nSPS) is 39.3. The van der Waals surface area contributed by atoms with Gasteiger partial charge in [0.15, 0.2) is 5.13 Å². The quantitative estimate of drug-likeness (QED) is 0.886. The number of hydrogen-bond acceptors (Lipinski definition) is 3. The van der Waals surface area contributed by atoms with Crippen LogP contribution < -0.4 is 5.73 Å². The summed E-state index contributed by atoms with van der Waals surface area (Å²) in [6.45, 7) is 0. The molecular weight excluding hydrogens is 288 g/mol. The van der Waals surface area contributed by atoms with Gasteiger partial charge in [-0.15, -0.1) is 11.3 Å². The number of anilines is 1. The average molecular weight is 310 g/mol. The van der Waals surface area contributed by atoms with Crippen LogP contribution in [0.25, 0.3) is 0 Å². The van der Waals surface area contributed by atoms with Gasteiger partial charge < -0.3 is 5.73 Å². The first kappa shape index (κ1) is 13.1. The van der Waals surface area contributed by atoms with Gasteiger partial charge in [0.05, 0.1) is 5.69 Å². The summed E-state index contributed by atoms with van der Waals surface area (Å²) in [5.41, 5.74) is 9.50. The fourth-order valence-electron chi connectivity index (χ4n) is 6.22. The van der Waals surface area contributed by atoms with E-state index in [0.717, 1.165) is 17.0 Å². The zero-order valence-corrected chi connectivity index (χ0v) is 13.6. The van der Waals surface area contributed by atoms with Crippen LogP contribution in [0.4, 0.5) is 5.13 Å². The molecule has 0 spiro atoms. The van der Waals surface area contributed by atoms with Crippen LogP contribution in [0.3, 0.4) is 0 Å². The van der Waals surface area contributed by atoms with Gasteiger partial charge in [0.2, 0.25) is 0 Å². The number of nitrogens with two attached hydrogens (primary N) is 1. The Balaban J connectivity index is 1.62. The number of benzene rings is 1. The van der Waals surface area contributed by atoms with Gasteiger partial charge in [-0.3, -0.25) is 0 Å². The third kappa shape index (κ3) is 1.75. The topological polar surface area (TPSA) is 38.9 Å². The zero-order valence-electron chi connectivity index (χ0n) is 12.8. The van der Waals surface area contributed by atoms with Crippen molar-refractivity contribution in [3.63, 3.8) is 0 Å². The third-order valence-corrected chi connectivity index (χ3v) is 7.19. The molecule has 2 N–H and O–H groups in total. The van der Waals surface area contributed by atoms with Crippen LogP contribution in [-0.2, 0) is 10.8 Å². The van der Waals surface area contributed by atoms with E-state index < -0.39 is 0 Å². The molecule has 4 aliphatic rings. The van der Waals surface area contributed by atoms with Crippen LogP contribution in [0.5, 0.6) is 0 Å². The van der Waals surface area contributed by atoms with Crippen LogP contribution in [-0.4, -0.2) is 4.98 Å². The smallest absolute Gasteiger partial charge is 0.180 e. The van der Waals surface area contributed by atoms with Gasteiger partial charge in [-0.1, -0.05) is 30.3 Å². The molecule has 0 amide bonds. The number of thiazole rings is 1. The molecule has 0 saturated heterocycles. The molecule has 0 aliphatic heterocycles. The van der Waals surface area contributed by atoms with Crippen molar-refractivity contribution >= 4 is 16.5 Å². The minimum absolute atomic E-state index is 0.300. The van der Waals surface area contributed by atoms with Crippen molar-refractivity contribution in [2.45, 2.75) is 49.4 Å². The van der Waals surface area contributed by atoms with Crippen molar-refractivity contribution in [2.75, 3.05) is 5.73 Å². The lowest BCUT2D eigenvalue weighted by Gasteiger charge is -2.62. The van der Waals surface area contributed by atoms with Crippen molar-refractivity contribution in [1.82, 2.24) is 4.98 Å². The molecular formula is C19H22N2S. The highest BCUT2D eigenvalue weighted by Crippen LogP contribution is 2.66. The molecule has 1 aromatic carbocycles. The molecule has 22 heavy (non-hydrogen) atoms. The van der Waals surface area contributed by atoms with Crippen molar-refractivity contribution < 1.29 is 0 Å². The minimum Gasteiger partial charge on any atom is -0.375 e. The molecule has 4 bridgehead atoms. The SMILES string of the molecule is Nc1nc(C23C[C@@H]4C[C@H](CC(c5ccccc5)(C4)C2)C3)cs1. The number of nitrogen functional groups attached to an aromatic ring is 1. The van der Waals surface area contributed by atoms with Gasteiger partial charge in [0.25, 0.3) is 0 Å². The van der Waals surface area contributed by atoms with Crippen molar-refractivity contribution in [2.24, 2.45) is 11.8 Å². The number of rotatable bonds is 2. The lowest BCUT2D eigenvalue weighted by atomic mass is 9.42. The first-order chi connectivity index (χ1) is 10.7. The lowest BCUT2D eigenvalue weighted by molar-refractivity contribution is -0.0296. The van der Waals surface area contributed by atoms with Crippen LogP contribution in [0.2, 0.25) is 0 Å². The molecule has 4 saturated carbocycles. The Labute approximate surface area is 135 Å². The highest BCUT2D eigenvalue weighted by Gasteiger charge is 2.59. The molecule has 1 heterocycles. The summed E-state index contributed by atoms with van der Waals surface area (Å²) in [4.78, 5) is 4.72. The lowest BCUT2D eigenvalue weighted by Crippen LogP contribution is -2.56. The van der Waals surface area contributed by atoms with Gasteiger partial charge in [0.1, 0.15) is 0 Å². The number of aromatic nitrogens is 1. The Morgan fingerprint density at radius 1 is 1.00 bits per heavy atom. The Morgan fingerprint density at radius 3 is 2.32 bits per heavy atom. The Bertz CT molecular complexity index is 691. The van der Waals surface area contributed by atoms with E-state index in [1.165, 1.54) is 44.2 Å². The summed E-state index contributed by atoms with van der Waals surface area (Å²) in [7, 11) is 0. The predicted molar refractivity (Wildman–Crippen MR) is 91.0 cm³/mol. The molecule has 0 radical (unpaired) electrons. The second-order valence-corrected chi connectivity index (χ2v) is 8.85. The van der Waals surface area contributed by atoms with E-state index in [0.29, 0.717) is 10.8 Å². The largest absolute Gasteiger partial charge is 0.375 e. The van der Waals surface area contributed by atoms with Crippen LogP contribution >= 0.6 is 11.3 Å². The monoisotopic (exact) mass is 310 g/mol. The molecule has 1 aromatic heterocycles. The number of hydrogen-bond donors (Lipinski definition) is 1. The highest BCUT2D eigenvalue weighted by molar-refractivity contribution is 7.13. The standard InChI is InChI=1S/C19H22N2S/c20-17-21-16(11-22-17)19-9-13-6-14(10-19)8-18(7-13,12-19)15-4-2-1-3-5-15/h1-5,11,13-14H,6-10,12H2,(H2,20,21)/t13-,14-,18?,19?/m1/s1. The first-order valence-corrected chi connectivity index (χ1v) is 9.33. The molecule has 3 heteroatoms. The summed E-state index contributed by atoms with van der Waals surface area (Å²) in [6.07, 6.45) is 8.16. The molecule has 4 fully saturated rings. The Hall–Kier alpha value is -1.35. The molecule has 2 aromatic rings. The van der Waals surface area contributed by atoms with E-state index in [1.54, 1.807) is 16.9 Å². The summed E-state index contributed by atoms with van der Waals surface area (Å²) in [5.74, 6) is 1.76. The molecule has 4 aliphatic carbocycles. The van der Waals surface area contributed by atoms with E-state index in [9.17, 15) is 0 Å². The molecule has 2 nitrogen and oxygen atoms in total. The second kappa shape index (κ2) is 4.35. The predicted octanol–water partition coefficient (Wildman–Crippen LogP) is 4.51. The third-order valence-electron chi connectivity index (χ3n) is 6.51.